The summed E-state index contributed by atoms with van der Waals surface area (Å²) < 4.78 is 11.4. The van der Waals surface area contributed by atoms with Crippen LogP contribution < -0.4 is 5.73 Å². The average molecular weight is 608 g/mol. The maximum absolute atomic E-state index is 5.75. The Morgan fingerprint density at radius 2 is 0.698 bits per heavy atom. The normalized spacial score (nSPS) is 12.1. The van der Waals surface area contributed by atoms with E-state index in [4.69, 9.17) is 9.47 Å². The first-order valence-electron chi connectivity index (χ1n) is 19.5. The number of allylic oxidation sites excluding steroid dienone is 2. The molecule has 0 aliphatic rings. The Balaban J connectivity index is 0. The molecule has 0 rings (SSSR count). The lowest BCUT2D eigenvalue weighted by Gasteiger charge is -2.10. The van der Waals surface area contributed by atoms with Gasteiger partial charge in [-0.25, -0.2) is 0 Å². The molecule has 0 bridgehead atoms. The summed E-state index contributed by atoms with van der Waals surface area (Å²) in [6.07, 6.45) is 50.1. The van der Waals surface area contributed by atoms with E-state index in [9.17, 15) is 0 Å². The number of hydrogen-bond donors (Lipinski definition) is 1. The molecule has 0 saturated carbocycles. The van der Waals surface area contributed by atoms with Gasteiger partial charge in [-0.05, 0) is 51.8 Å². The smallest absolute Gasteiger partial charge is 0.129 e. The Labute approximate surface area is 272 Å². The molecular formula is C40H81NO2. The molecular weight excluding hydrogens is 526 g/mol. The summed E-state index contributed by atoms with van der Waals surface area (Å²) in [5.41, 5.74) is 4.50. The van der Waals surface area contributed by atoms with E-state index in [1.165, 1.54) is 187 Å². The lowest BCUT2D eigenvalue weighted by molar-refractivity contribution is 0.0808. The average Bonchev–Trinajstić information content (AvgIpc) is 3.03. The lowest BCUT2D eigenvalue weighted by atomic mass is 10.0. The number of rotatable bonds is 35. The summed E-state index contributed by atoms with van der Waals surface area (Å²) in [6.45, 7) is 7.30. The fourth-order valence-corrected chi connectivity index (χ4v) is 5.54. The van der Waals surface area contributed by atoms with Gasteiger partial charge in [-0.2, -0.15) is 0 Å². The van der Waals surface area contributed by atoms with Crippen LogP contribution in [0.4, 0.5) is 0 Å². The molecule has 0 spiro atoms. The minimum absolute atomic E-state index is 0.105. The van der Waals surface area contributed by atoms with Crippen LogP contribution in [-0.4, -0.2) is 19.8 Å². The topological polar surface area (TPSA) is 44.5 Å². The Kier molecular flexibility index (Phi) is 44.3. The predicted molar refractivity (Wildman–Crippen MR) is 195 cm³/mol. The summed E-state index contributed by atoms with van der Waals surface area (Å²) in [5, 5.41) is 0. The minimum Gasteiger partial charge on any atom is -0.498 e. The van der Waals surface area contributed by atoms with Crippen LogP contribution in [0.1, 0.15) is 213 Å². The van der Waals surface area contributed by atoms with Gasteiger partial charge in [-0.15, -0.1) is 0 Å². The SMILES string of the molecule is CCCCCCCCCCCCCCCCC=COCC(C)OC=CCCCCCCCCCCCCCCCC.CN. The molecule has 258 valence electrons. The molecule has 0 heterocycles. The van der Waals surface area contributed by atoms with Gasteiger partial charge in [-0.1, -0.05) is 181 Å². The van der Waals surface area contributed by atoms with E-state index in [0.717, 1.165) is 12.8 Å². The van der Waals surface area contributed by atoms with Crippen LogP contribution >= 0.6 is 0 Å². The number of ether oxygens (including phenoxy) is 2. The van der Waals surface area contributed by atoms with Crippen molar-refractivity contribution in [2.45, 2.75) is 219 Å². The maximum Gasteiger partial charge on any atom is 0.129 e. The Morgan fingerprint density at radius 3 is 1.02 bits per heavy atom. The van der Waals surface area contributed by atoms with Crippen LogP contribution in [0.5, 0.6) is 0 Å². The van der Waals surface area contributed by atoms with Crippen LogP contribution in [0.3, 0.4) is 0 Å². The second-order valence-corrected chi connectivity index (χ2v) is 12.8. The van der Waals surface area contributed by atoms with E-state index < -0.39 is 0 Å². The Hall–Kier alpha value is -0.960. The van der Waals surface area contributed by atoms with E-state index in [-0.39, 0.29) is 6.10 Å². The lowest BCUT2D eigenvalue weighted by Crippen LogP contribution is -2.10. The van der Waals surface area contributed by atoms with E-state index in [2.05, 4.69) is 38.7 Å². The summed E-state index contributed by atoms with van der Waals surface area (Å²) in [5.74, 6) is 0. The van der Waals surface area contributed by atoms with E-state index in [0.29, 0.717) is 6.61 Å². The maximum atomic E-state index is 5.75. The predicted octanol–water partition coefficient (Wildman–Crippen LogP) is 13.8. The second kappa shape index (κ2) is 43.2. The van der Waals surface area contributed by atoms with Crippen LogP contribution in [0.25, 0.3) is 0 Å². The van der Waals surface area contributed by atoms with E-state index in [1.54, 1.807) is 0 Å². The number of unbranched alkanes of at least 4 members (excludes halogenated alkanes) is 28. The zero-order valence-electron chi connectivity index (χ0n) is 30.2. The number of nitrogens with two attached hydrogens (primary N) is 1. The fraction of sp³-hybridized carbons (Fsp3) is 0.900. The van der Waals surface area contributed by atoms with Gasteiger partial charge in [0, 0.05) is 0 Å². The summed E-state index contributed by atoms with van der Waals surface area (Å²) in [6, 6.07) is 0. The summed E-state index contributed by atoms with van der Waals surface area (Å²) >= 11 is 0. The first kappa shape index (κ1) is 44.2. The van der Waals surface area contributed by atoms with Crippen LogP contribution in [0.15, 0.2) is 24.7 Å². The monoisotopic (exact) mass is 608 g/mol. The molecule has 3 nitrogen and oxygen atoms in total. The van der Waals surface area contributed by atoms with E-state index >= 15 is 0 Å². The molecule has 0 aliphatic carbocycles. The van der Waals surface area contributed by atoms with Gasteiger partial charge in [-0.3, -0.25) is 0 Å². The molecule has 0 aromatic heterocycles. The van der Waals surface area contributed by atoms with Crippen molar-refractivity contribution in [3.63, 3.8) is 0 Å². The standard InChI is InChI=1S/C39H76O2.CH5N/c1-4-6-8-10-12-14-16-18-20-22-24-26-28-30-32-34-36-40-38-39(3)41-37-35-33-31-29-27-25-23-21-19-17-15-13-11-9-7-5-2;1-2/h34-37,39H,4-33,38H2,1-3H3;2H2,1H3. The third kappa shape index (κ3) is 43.2. The molecule has 43 heavy (non-hydrogen) atoms. The van der Waals surface area contributed by atoms with Gasteiger partial charge in [0.1, 0.15) is 12.7 Å². The first-order valence-corrected chi connectivity index (χ1v) is 19.5. The molecule has 0 aromatic carbocycles. The second-order valence-electron chi connectivity index (χ2n) is 12.8. The molecule has 0 aromatic rings. The van der Waals surface area contributed by atoms with Gasteiger partial charge in [0.05, 0.1) is 12.5 Å². The highest BCUT2D eigenvalue weighted by atomic mass is 16.5. The molecule has 0 amide bonds. The summed E-state index contributed by atoms with van der Waals surface area (Å²) in [4.78, 5) is 0. The van der Waals surface area contributed by atoms with Crippen molar-refractivity contribution >= 4 is 0 Å². The van der Waals surface area contributed by atoms with Gasteiger partial charge in [0.15, 0.2) is 0 Å². The Morgan fingerprint density at radius 1 is 0.419 bits per heavy atom. The van der Waals surface area contributed by atoms with Gasteiger partial charge in [0.25, 0.3) is 0 Å². The van der Waals surface area contributed by atoms with Crippen molar-refractivity contribution in [2.75, 3.05) is 13.7 Å². The molecule has 0 saturated heterocycles. The van der Waals surface area contributed by atoms with Crippen molar-refractivity contribution in [3.8, 4) is 0 Å². The number of hydrogen-bond acceptors (Lipinski definition) is 3. The van der Waals surface area contributed by atoms with Crippen molar-refractivity contribution in [1.29, 1.82) is 0 Å². The highest BCUT2D eigenvalue weighted by Gasteiger charge is 1.99. The van der Waals surface area contributed by atoms with E-state index in [1.807, 2.05) is 12.5 Å². The zero-order valence-corrected chi connectivity index (χ0v) is 30.2. The molecule has 3 heteroatoms. The third-order valence-electron chi connectivity index (χ3n) is 8.38. The highest BCUT2D eigenvalue weighted by Crippen LogP contribution is 2.15. The van der Waals surface area contributed by atoms with Crippen LogP contribution in [0, 0.1) is 0 Å². The van der Waals surface area contributed by atoms with Crippen molar-refractivity contribution < 1.29 is 9.47 Å². The van der Waals surface area contributed by atoms with Crippen LogP contribution in [-0.2, 0) is 9.47 Å². The van der Waals surface area contributed by atoms with Gasteiger partial charge in [0.2, 0.25) is 0 Å². The third-order valence-corrected chi connectivity index (χ3v) is 8.38. The summed E-state index contributed by atoms with van der Waals surface area (Å²) in [7, 11) is 1.50. The van der Waals surface area contributed by atoms with Crippen molar-refractivity contribution in [1.82, 2.24) is 0 Å². The minimum atomic E-state index is 0.105. The molecule has 2 N–H and O–H groups in total. The highest BCUT2D eigenvalue weighted by molar-refractivity contribution is 4.76. The van der Waals surface area contributed by atoms with Gasteiger partial charge >= 0.3 is 0 Å². The fourth-order valence-electron chi connectivity index (χ4n) is 5.54. The molecule has 0 fully saturated rings. The van der Waals surface area contributed by atoms with Gasteiger partial charge < -0.3 is 15.2 Å². The zero-order chi connectivity index (χ0) is 31.7. The molecule has 1 atom stereocenters. The molecule has 0 aliphatic heterocycles. The van der Waals surface area contributed by atoms with Crippen molar-refractivity contribution in [2.24, 2.45) is 5.73 Å². The molecule has 0 radical (unpaired) electrons. The van der Waals surface area contributed by atoms with Crippen molar-refractivity contribution in [3.05, 3.63) is 24.7 Å². The first-order chi connectivity index (χ1) is 21.3. The molecule has 1 unspecified atom stereocenters. The largest absolute Gasteiger partial charge is 0.498 e. The Bertz CT molecular complexity index is 519. The van der Waals surface area contributed by atoms with Crippen LogP contribution in [0.2, 0.25) is 0 Å². The quantitative estimate of drug-likeness (QED) is 0.0575.